The number of rotatable bonds is 7. The molecular formula is C22H22F2N2O4. The van der Waals surface area contributed by atoms with Gasteiger partial charge in [-0.05, 0) is 48.9 Å². The van der Waals surface area contributed by atoms with Crippen LogP contribution in [0.5, 0.6) is 17.2 Å². The second-order valence-corrected chi connectivity index (χ2v) is 6.70. The summed E-state index contributed by atoms with van der Waals surface area (Å²) in [5, 5.41) is 0.798. The third-order valence-electron chi connectivity index (χ3n) is 4.65. The molecule has 0 aliphatic rings. The van der Waals surface area contributed by atoms with Crippen LogP contribution in [0, 0.1) is 6.92 Å². The number of halogens is 2. The van der Waals surface area contributed by atoms with Crippen LogP contribution >= 0.6 is 0 Å². The Morgan fingerprint density at radius 1 is 1.07 bits per heavy atom. The topological polar surface area (TPSA) is 60.9 Å². The SMILES string of the molecule is COc1ccc2nc(C)c(C(=O)N(C)Cc3ccc(OC(F)F)c(OC)c3)cc2c1. The van der Waals surface area contributed by atoms with Crippen LogP contribution in [0.15, 0.2) is 42.5 Å². The summed E-state index contributed by atoms with van der Waals surface area (Å²) in [6, 6.07) is 11.8. The molecule has 3 aromatic rings. The number of alkyl halides is 2. The minimum absolute atomic E-state index is 0.0613. The molecule has 0 radical (unpaired) electrons. The van der Waals surface area contributed by atoms with Gasteiger partial charge in [-0.25, -0.2) is 0 Å². The predicted molar refractivity (Wildman–Crippen MR) is 108 cm³/mol. The maximum atomic E-state index is 13.0. The van der Waals surface area contributed by atoms with Gasteiger partial charge in [0.15, 0.2) is 11.5 Å². The highest BCUT2D eigenvalue weighted by Gasteiger charge is 2.18. The van der Waals surface area contributed by atoms with Gasteiger partial charge in [-0.2, -0.15) is 8.78 Å². The van der Waals surface area contributed by atoms with Crippen LogP contribution in [0.4, 0.5) is 8.78 Å². The van der Waals surface area contributed by atoms with E-state index in [2.05, 4.69) is 9.72 Å². The number of carbonyl (C=O) groups is 1. The molecule has 0 atom stereocenters. The molecular weight excluding hydrogens is 394 g/mol. The molecule has 8 heteroatoms. The van der Waals surface area contributed by atoms with Crippen LogP contribution < -0.4 is 14.2 Å². The average Bonchev–Trinajstić information content (AvgIpc) is 2.73. The van der Waals surface area contributed by atoms with E-state index in [9.17, 15) is 13.6 Å². The normalized spacial score (nSPS) is 10.9. The smallest absolute Gasteiger partial charge is 0.387 e. The summed E-state index contributed by atoms with van der Waals surface area (Å²) in [4.78, 5) is 19.1. The number of amides is 1. The van der Waals surface area contributed by atoms with Gasteiger partial charge in [0.2, 0.25) is 0 Å². The summed E-state index contributed by atoms with van der Waals surface area (Å²) in [5.41, 5.74) is 2.56. The summed E-state index contributed by atoms with van der Waals surface area (Å²) >= 11 is 0. The summed E-state index contributed by atoms with van der Waals surface area (Å²) in [7, 11) is 4.60. The molecule has 0 saturated heterocycles. The fraction of sp³-hybridized carbons (Fsp3) is 0.273. The first-order chi connectivity index (χ1) is 14.3. The zero-order valence-corrected chi connectivity index (χ0v) is 17.1. The molecule has 1 aromatic heterocycles. The lowest BCUT2D eigenvalue weighted by Gasteiger charge is -2.19. The van der Waals surface area contributed by atoms with Gasteiger partial charge < -0.3 is 19.1 Å². The van der Waals surface area contributed by atoms with Crippen LogP contribution in [-0.4, -0.2) is 43.7 Å². The predicted octanol–water partition coefficient (Wildman–Crippen LogP) is 4.43. The minimum atomic E-state index is -2.95. The highest BCUT2D eigenvalue weighted by Crippen LogP contribution is 2.30. The first-order valence-corrected chi connectivity index (χ1v) is 9.15. The van der Waals surface area contributed by atoms with E-state index in [0.29, 0.717) is 22.6 Å². The number of methoxy groups -OCH3 is 2. The molecule has 0 N–H and O–H groups in total. The lowest BCUT2D eigenvalue weighted by molar-refractivity contribution is -0.0512. The van der Waals surface area contributed by atoms with Crippen molar-refractivity contribution < 1.29 is 27.8 Å². The number of carbonyl (C=O) groups excluding carboxylic acids is 1. The van der Waals surface area contributed by atoms with Crippen molar-refractivity contribution in [1.29, 1.82) is 0 Å². The van der Waals surface area contributed by atoms with Crippen molar-refractivity contribution in [3.63, 3.8) is 0 Å². The molecule has 158 valence electrons. The Kier molecular flexibility index (Phi) is 6.34. The van der Waals surface area contributed by atoms with E-state index in [-0.39, 0.29) is 24.0 Å². The van der Waals surface area contributed by atoms with Crippen molar-refractivity contribution in [3.8, 4) is 17.2 Å². The number of hydrogen-bond acceptors (Lipinski definition) is 5. The highest BCUT2D eigenvalue weighted by molar-refractivity contribution is 5.98. The highest BCUT2D eigenvalue weighted by atomic mass is 19.3. The first-order valence-electron chi connectivity index (χ1n) is 9.15. The van der Waals surface area contributed by atoms with Crippen LogP contribution in [0.3, 0.4) is 0 Å². The van der Waals surface area contributed by atoms with Gasteiger partial charge in [0.1, 0.15) is 5.75 Å². The molecule has 0 bridgehead atoms. The summed E-state index contributed by atoms with van der Waals surface area (Å²) in [6.45, 7) is -0.916. The maximum Gasteiger partial charge on any atom is 0.387 e. The lowest BCUT2D eigenvalue weighted by atomic mass is 10.1. The van der Waals surface area contributed by atoms with Gasteiger partial charge in [0.25, 0.3) is 5.91 Å². The number of hydrogen-bond donors (Lipinski definition) is 0. The quantitative estimate of drug-likeness (QED) is 0.570. The third-order valence-corrected chi connectivity index (χ3v) is 4.65. The van der Waals surface area contributed by atoms with Gasteiger partial charge in [-0.3, -0.25) is 9.78 Å². The van der Waals surface area contributed by atoms with E-state index < -0.39 is 6.61 Å². The third kappa shape index (κ3) is 4.59. The number of aromatic nitrogens is 1. The largest absolute Gasteiger partial charge is 0.497 e. The molecule has 0 unspecified atom stereocenters. The Morgan fingerprint density at radius 3 is 2.50 bits per heavy atom. The molecule has 0 fully saturated rings. The molecule has 1 amide bonds. The number of aryl methyl sites for hydroxylation is 1. The number of fused-ring (bicyclic) bond motifs is 1. The van der Waals surface area contributed by atoms with E-state index in [0.717, 1.165) is 10.9 Å². The molecule has 1 heterocycles. The van der Waals surface area contributed by atoms with Crippen molar-refractivity contribution in [1.82, 2.24) is 9.88 Å². The van der Waals surface area contributed by atoms with E-state index in [4.69, 9.17) is 9.47 Å². The first kappa shape index (κ1) is 21.3. The Balaban J connectivity index is 1.84. The van der Waals surface area contributed by atoms with E-state index >= 15 is 0 Å². The van der Waals surface area contributed by atoms with Gasteiger partial charge in [0, 0.05) is 19.0 Å². The van der Waals surface area contributed by atoms with E-state index in [1.54, 1.807) is 39.3 Å². The second-order valence-electron chi connectivity index (χ2n) is 6.70. The monoisotopic (exact) mass is 416 g/mol. The minimum Gasteiger partial charge on any atom is -0.497 e. The Hall–Kier alpha value is -3.42. The Labute approximate surface area is 173 Å². The lowest BCUT2D eigenvalue weighted by Crippen LogP contribution is -2.27. The average molecular weight is 416 g/mol. The van der Waals surface area contributed by atoms with Gasteiger partial charge in [-0.15, -0.1) is 0 Å². The van der Waals surface area contributed by atoms with Gasteiger partial charge >= 0.3 is 6.61 Å². The second kappa shape index (κ2) is 8.94. The number of ether oxygens (including phenoxy) is 3. The summed E-state index contributed by atoms with van der Waals surface area (Å²) in [6.07, 6.45) is 0. The zero-order chi connectivity index (χ0) is 21.8. The Bertz CT molecular complexity index is 1070. The summed E-state index contributed by atoms with van der Waals surface area (Å²) < 4.78 is 39.8. The van der Waals surface area contributed by atoms with Crippen molar-refractivity contribution in [2.45, 2.75) is 20.1 Å². The molecule has 0 spiro atoms. The fourth-order valence-corrected chi connectivity index (χ4v) is 3.15. The van der Waals surface area contributed by atoms with Crippen molar-refractivity contribution in [2.75, 3.05) is 21.3 Å². The molecule has 0 saturated carbocycles. The van der Waals surface area contributed by atoms with Crippen molar-refractivity contribution >= 4 is 16.8 Å². The molecule has 30 heavy (non-hydrogen) atoms. The van der Waals surface area contributed by atoms with E-state index in [1.807, 2.05) is 18.2 Å². The van der Waals surface area contributed by atoms with E-state index in [1.165, 1.54) is 18.1 Å². The van der Waals surface area contributed by atoms with Crippen LogP contribution in [0.1, 0.15) is 21.6 Å². The van der Waals surface area contributed by atoms with Crippen LogP contribution in [0.2, 0.25) is 0 Å². The maximum absolute atomic E-state index is 13.0. The summed E-state index contributed by atoms with van der Waals surface area (Å²) in [5.74, 6) is 0.577. The van der Waals surface area contributed by atoms with Crippen LogP contribution in [-0.2, 0) is 6.54 Å². The standard InChI is InChI=1S/C22H22F2N2O4/c1-13-17(11-15-10-16(28-3)6-7-18(15)25-13)21(27)26(2)12-14-5-8-19(30-22(23)24)20(9-14)29-4/h5-11,22H,12H2,1-4H3. The number of nitrogens with zero attached hydrogens (tertiary/aromatic N) is 2. The molecule has 2 aromatic carbocycles. The van der Waals surface area contributed by atoms with Crippen molar-refractivity contribution in [3.05, 3.63) is 59.3 Å². The molecule has 0 aliphatic heterocycles. The molecule has 6 nitrogen and oxygen atoms in total. The molecule has 3 rings (SSSR count). The van der Waals surface area contributed by atoms with Crippen LogP contribution in [0.25, 0.3) is 10.9 Å². The Morgan fingerprint density at radius 2 is 1.83 bits per heavy atom. The number of benzene rings is 2. The zero-order valence-electron chi connectivity index (χ0n) is 17.1. The number of pyridine rings is 1. The fourth-order valence-electron chi connectivity index (χ4n) is 3.15. The van der Waals surface area contributed by atoms with Gasteiger partial charge in [-0.1, -0.05) is 6.07 Å². The van der Waals surface area contributed by atoms with Gasteiger partial charge in [0.05, 0.1) is 31.0 Å². The molecule has 0 aliphatic carbocycles. The van der Waals surface area contributed by atoms with Crippen molar-refractivity contribution in [2.24, 2.45) is 0 Å².